The molecule has 0 aromatic rings. The van der Waals surface area contributed by atoms with Crippen molar-refractivity contribution in [3.63, 3.8) is 0 Å². The van der Waals surface area contributed by atoms with Gasteiger partial charge in [-0.2, -0.15) is 11.8 Å². The topological polar surface area (TPSA) is 56.7 Å². The predicted octanol–water partition coefficient (Wildman–Crippen LogP) is 2.07. The van der Waals surface area contributed by atoms with Crippen LogP contribution in [0.2, 0.25) is 0 Å². The molecule has 1 fully saturated rings. The van der Waals surface area contributed by atoms with Crippen LogP contribution < -0.4 is 10.6 Å². The lowest BCUT2D eigenvalue weighted by atomic mass is 10.1. The lowest BCUT2D eigenvalue weighted by molar-refractivity contribution is 0.238. The highest BCUT2D eigenvalue weighted by Gasteiger charge is 2.29. The minimum atomic E-state index is 0. The van der Waals surface area contributed by atoms with Gasteiger partial charge in [0.2, 0.25) is 0 Å². The normalized spacial score (nSPS) is 24.7. The number of halogens is 1. The van der Waals surface area contributed by atoms with E-state index in [9.17, 15) is 0 Å². The average Bonchev–Trinajstić information content (AvgIpc) is 2.79. The molecule has 2 unspecified atom stereocenters. The molecule has 0 bridgehead atoms. The Morgan fingerprint density at radius 1 is 1.47 bits per heavy atom. The number of aliphatic imine (C=N–C) groups is 1. The Balaban J connectivity index is 0.00000324. The summed E-state index contributed by atoms with van der Waals surface area (Å²) in [6.07, 6.45) is 2.57. The van der Waals surface area contributed by atoms with Crippen LogP contribution in [0.4, 0.5) is 0 Å². The SMILES string of the molecule is CCNC(=NCC1(C)CCCS1)NCC(C)CO.I. The lowest BCUT2D eigenvalue weighted by Crippen LogP contribution is -2.40. The quantitative estimate of drug-likeness (QED) is 0.363. The van der Waals surface area contributed by atoms with Crippen molar-refractivity contribution in [2.45, 2.75) is 38.4 Å². The molecule has 0 spiro atoms. The van der Waals surface area contributed by atoms with E-state index in [4.69, 9.17) is 5.11 Å². The van der Waals surface area contributed by atoms with E-state index in [2.05, 4.69) is 29.5 Å². The first-order chi connectivity index (χ1) is 8.59. The molecule has 0 aliphatic carbocycles. The second kappa shape index (κ2) is 10.1. The van der Waals surface area contributed by atoms with Gasteiger partial charge >= 0.3 is 0 Å². The van der Waals surface area contributed by atoms with Crippen LogP contribution in [0.15, 0.2) is 4.99 Å². The average molecular weight is 401 g/mol. The number of aliphatic hydroxyl groups excluding tert-OH is 1. The number of nitrogens with zero attached hydrogens (tertiary/aromatic N) is 1. The fourth-order valence-corrected chi connectivity index (χ4v) is 3.11. The van der Waals surface area contributed by atoms with Crippen LogP contribution in [0.1, 0.15) is 33.6 Å². The van der Waals surface area contributed by atoms with E-state index >= 15 is 0 Å². The lowest BCUT2D eigenvalue weighted by Gasteiger charge is -2.21. The molecule has 1 heterocycles. The number of hydrogen-bond acceptors (Lipinski definition) is 3. The van der Waals surface area contributed by atoms with E-state index < -0.39 is 0 Å². The minimum absolute atomic E-state index is 0. The van der Waals surface area contributed by atoms with E-state index in [1.54, 1.807) is 0 Å². The molecule has 0 aromatic carbocycles. The summed E-state index contributed by atoms with van der Waals surface area (Å²) in [4.78, 5) is 4.67. The van der Waals surface area contributed by atoms with E-state index in [0.29, 0.717) is 4.75 Å². The molecular formula is C13H28IN3OS. The van der Waals surface area contributed by atoms with Gasteiger partial charge in [0.25, 0.3) is 0 Å². The second-order valence-corrected chi connectivity index (χ2v) is 6.95. The summed E-state index contributed by atoms with van der Waals surface area (Å²) in [7, 11) is 0. The van der Waals surface area contributed by atoms with Gasteiger partial charge < -0.3 is 15.7 Å². The second-order valence-electron chi connectivity index (χ2n) is 5.27. The molecule has 4 nitrogen and oxygen atoms in total. The fraction of sp³-hybridized carbons (Fsp3) is 0.923. The summed E-state index contributed by atoms with van der Waals surface area (Å²) in [6.45, 7) is 9.08. The van der Waals surface area contributed by atoms with Gasteiger partial charge in [-0.15, -0.1) is 24.0 Å². The van der Waals surface area contributed by atoms with Crippen LogP contribution in [-0.2, 0) is 0 Å². The molecule has 1 aliphatic heterocycles. The monoisotopic (exact) mass is 401 g/mol. The van der Waals surface area contributed by atoms with Crippen molar-refractivity contribution in [1.29, 1.82) is 0 Å². The van der Waals surface area contributed by atoms with Gasteiger partial charge in [0.1, 0.15) is 0 Å². The first-order valence-electron chi connectivity index (χ1n) is 6.86. The number of guanidine groups is 1. The Hall–Kier alpha value is 0.310. The Bertz CT molecular complexity index is 271. The first-order valence-corrected chi connectivity index (χ1v) is 7.85. The van der Waals surface area contributed by atoms with Crippen molar-refractivity contribution in [3.8, 4) is 0 Å². The van der Waals surface area contributed by atoms with Crippen molar-refractivity contribution < 1.29 is 5.11 Å². The maximum atomic E-state index is 9.02. The number of nitrogens with one attached hydrogen (secondary N) is 2. The summed E-state index contributed by atoms with van der Waals surface area (Å²) in [5.74, 6) is 2.38. The molecule has 1 rings (SSSR count). The minimum Gasteiger partial charge on any atom is -0.396 e. The maximum Gasteiger partial charge on any atom is 0.191 e. The molecule has 1 aliphatic rings. The molecule has 2 atom stereocenters. The Kier molecular flexibility index (Phi) is 10.3. The number of aliphatic hydroxyl groups is 1. The molecular weight excluding hydrogens is 373 g/mol. The van der Waals surface area contributed by atoms with Crippen LogP contribution in [0, 0.1) is 5.92 Å². The molecule has 6 heteroatoms. The molecule has 1 saturated heterocycles. The maximum absolute atomic E-state index is 9.02. The standard InChI is InChI=1S/C13H27N3OS.HI/c1-4-14-12(15-8-11(2)9-17)16-10-13(3)6-5-7-18-13;/h11,17H,4-10H2,1-3H3,(H2,14,15,16);1H. The molecule has 114 valence electrons. The summed E-state index contributed by atoms with van der Waals surface area (Å²) in [6, 6.07) is 0. The van der Waals surface area contributed by atoms with E-state index in [-0.39, 0.29) is 36.5 Å². The zero-order valence-corrected chi connectivity index (χ0v) is 15.4. The van der Waals surface area contributed by atoms with E-state index in [1.807, 2.05) is 18.7 Å². The number of rotatable bonds is 6. The molecule has 19 heavy (non-hydrogen) atoms. The third kappa shape index (κ3) is 7.60. The highest BCUT2D eigenvalue weighted by molar-refractivity contribution is 14.0. The summed E-state index contributed by atoms with van der Waals surface area (Å²) in [5, 5.41) is 15.6. The van der Waals surface area contributed by atoms with Crippen LogP contribution in [0.25, 0.3) is 0 Å². The molecule has 3 N–H and O–H groups in total. The summed E-state index contributed by atoms with van der Waals surface area (Å²) >= 11 is 2.03. The van der Waals surface area contributed by atoms with Gasteiger partial charge in [-0.3, -0.25) is 4.99 Å². The Labute approximate surface area is 138 Å². The van der Waals surface area contributed by atoms with E-state index in [0.717, 1.165) is 25.6 Å². The van der Waals surface area contributed by atoms with E-state index in [1.165, 1.54) is 18.6 Å². The van der Waals surface area contributed by atoms with Gasteiger partial charge in [0.05, 0.1) is 6.54 Å². The van der Waals surface area contributed by atoms with Crippen LogP contribution in [0.3, 0.4) is 0 Å². The van der Waals surface area contributed by atoms with Gasteiger partial charge in [0, 0.05) is 24.4 Å². The van der Waals surface area contributed by atoms with Gasteiger partial charge in [0.15, 0.2) is 5.96 Å². The third-order valence-electron chi connectivity index (χ3n) is 3.15. The van der Waals surface area contributed by atoms with Crippen molar-refractivity contribution in [2.75, 3.05) is 32.0 Å². The third-order valence-corrected chi connectivity index (χ3v) is 4.67. The Morgan fingerprint density at radius 3 is 2.74 bits per heavy atom. The number of thioether (sulfide) groups is 1. The molecule has 0 radical (unpaired) electrons. The van der Waals surface area contributed by atoms with Crippen molar-refractivity contribution in [2.24, 2.45) is 10.9 Å². The van der Waals surface area contributed by atoms with Crippen molar-refractivity contribution in [1.82, 2.24) is 10.6 Å². The molecule has 0 amide bonds. The van der Waals surface area contributed by atoms with Gasteiger partial charge in [-0.1, -0.05) is 6.92 Å². The number of hydrogen-bond donors (Lipinski definition) is 3. The van der Waals surface area contributed by atoms with Gasteiger partial charge in [-0.25, -0.2) is 0 Å². The smallest absolute Gasteiger partial charge is 0.191 e. The van der Waals surface area contributed by atoms with Gasteiger partial charge in [-0.05, 0) is 38.4 Å². The molecule has 0 saturated carbocycles. The van der Waals surface area contributed by atoms with Crippen LogP contribution in [-0.4, -0.2) is 47.8 Å². The predicted molar refractivity (Wildman–Crippen MR) is 95.7 cm³/mol. The summed E-state index contributed by atoms with van der Waals surface area (Å²) < 4.78 is 0.310. The zero-order valence-electron chi connectivity index (χ0n) is 12.2. The highest BCUT2D eigenvalue weighted by Crippen LogP contribution is 2.37. The fourth-order valence-electron chi connectivity index (χ4n) is 1.89. The Morgan fingerprint density at radius 2 is 2.21 bits per heavy atom. The van der Waals surface area contributed by atoms with Crippen molar-refractivity contribution >= 4 is 41.7 Å². The zero-order chi connectivity index (χ0) is 13.4. The molecule has 0 aromatic heterocycles. The first kappa shape index (κ1) is 19.3. The largest absolute Gasteiger partial charge is 0.396 e. The van der Waals surface area contributed by atoms with Crippen LogP contribution in [0.5, 0.6) is 0 Å². The highest BCUT2D eigenvalue weighted by atomic mass is 127. The van der Waals surface area contributed by atoms with Crippen molar-refractivity contribution in [3.05, 3.63) is 0 Å². The van der Waals surface area contributed by atoms with Crippen LogP contribution >= 0.6 is 35.7 Å². The summed E-state index contributed by atoms with van der Waals surface area (Å²) in [5.41, 5.74) is 0.